The van der Waals surface area contributed by atoms with Gasteiger partial charge in [-0.3, -0.25) is 4.79 Å². The lowest BCUT2D eigenvalue weighted by molar-refractivity contribution is -0.118. The lowest BCUT2D eigenvalue weighted by Crippen LogP contribution is -2.22. The third-order valence-corrected chi connectivity index (χ3v) is 5.31. The summed E-state index contributed by atoms with van der Waals surface area (Å²) in [5.41, 5.74) is 2.90. The van der Waals surface area contributed by atoms with Crippen molar-refractivity contribution in [3.05, 3.63) is 70.2 Å². The normalized spacial score (nSPS) is 10.7. The lowest BCUT2D eigenvalue weighted by atomic mass is 10.0. The molecule has 0 saturated heterocycles. The summed E-state index contributed by atoms with van der Waals surface area (Å²) < 4.78 is 10.6. The van der Waals surface area contributed by atoms with Crippen molar-refractivity contribution in [1.29, 1.82) is 0 Å². The fourth-order valence-electron chi connectivity index (χ4n) is 3.39. The Bertz CT molecular complexity index is 1090. The quantitative estimate of drug-likeness (QED) is 0.513. The molecule has 3 aromatic carbocycles. The van der Waals surface area contributed by atoms with E-state index in [2.05, 4.69) is 5.32 Å². The Labute approximate surface area is 180 Å². The van der Waals surface area contributed by atoms with E-state index < -0.39 is 5.97 Å². The number of benzene rings is 3. The van der Waals surface area contributed by atoms with Crippen LogP contribution in [0.15, 0.2) is 48.5 Å². The van der Waals surface area contributed by atoms with Crippen LogP contribution < -0.4 is 10.1 Å². The van der Waals surface area contributed by atoms with Crippen molar-refractivity contribution in [2.45, 2.75) is 26.7 Å². The highest BCUT2D eigenvalue weighted by Crippen LogP contribution is 2.30. The minimum absolute atomic E-state index is 0.249. The molecule has 0 unspecified atom stereocenters. The van der Waals surface area contributed by atoms with Crippen molar-refractivity contribution < 1.29 is 19.1 Å². The third-order valence-electron chi connectivity index (χ3n) is 4.95. The molecule has 0 saturated carbocycles. The maximum Gasteiger partial charge on any atom is 0.341 e. The number of hydrogen-bond donors (Lipinski definition) is 1. The Hall–Kier alpha value is -3.05. The molecule has 0 aliphatic carbocycles. The van der Waals surface area contributed by atoms with Gasteiger partial charge in [-0.25, -0.2) is 4.79 Å². The second-order valence-corrected chi connectivity index (χ2v) is 7.20. The van der Waals surface area contributed by atoms with E-state index in [4.69, 9.17) is 21.1 Å². The summed E-state index contributed by atoms with van der Waals surface area (Å²) in [6.07, 6.45) is 1.46. The Morgan fingerprint density at radius 3 is 2.33 bits per heavy atom. The Morgan fingerprint density at radius 1 is 1.00 bits per heavy atom. The maximum absolute atomic E-state index is 12.7. The molecule has 0 bridgehead atoms. The molecule has 3 rings (SSSR count). The molecule has 1 N–H and O–H groups in total. The highest BCUT2D eigenvalue weighted by molar-refractivity contribution is 6.32. The zero-order valence-corrected chi connectivity index (χ0v) is 18.0. The monoisotopic (exact) mass is 425 g/mol. The van der Waals surface area contributed by atoms with Crippen LogP contribution in [0.25, 0.3) is 10.8 Å². The van der Waals surface area contributed by atoms with Gasteiger partial charge < -0.3 is 14.8 Å². The number of anilines is 1. The third kappa shape index (κ3) is 4.57. The molecule has 0 aliphatic heterocycles. The number of esters is 1. The highest BCUT2D eigenvalue weighted by atomic mass is 35.5. The molecule has 5 nitrogen and oxygen atoms in total. The smallest absolute Gasteiger partial charge is 0.341 e. The van der Waals surface area contributed by atoms with Gasteiger partial charge in [0.15, 0.2) is 6.61 Å². The number of hydrogen-bond acceptors (Lipinski definition) is 4. The van der Waals surface area contributed by atoms with E-state index >= 15 is 0 Å². The van der Waals surface area contributed by atoms with Crippen LogP contribution in [-0.4, -0.2) is 25.6 Å². The van der Waals surface area contributed by atoms with Crippen LogP contribution in [0.2, 0.25) is 5.02 Å². The van der Waals surface area contributed by atoms with E-state index in [9.17, 15) is 9.59 Å². The number of fused-ring (bicyclic) bond motifs is 1. The second-order valence-electron chi connectivity index (χ2n) is 6.79. The van der Waals surface area contributed by atoms with Gasteiger partial charge in [0.2, 0.25) is 0 Å². The van der Waals surface area contributed by atoms with Crippen LogP contribution in [0.1, 0.15) is 35.3 Å². The minimum Gasteiger partial charge on any atom is -0.483 e. The largest absolute Gasteiger partial charge is 0.483 e. The molecule has 30 heavy (non-hydrogen) atoms. The summed E-state index contributed by atoms with van der Waals surface area (Å²) in [5.74, 6) is -0.550. The number of ether oxygens (including phenoxy) is 2. The van der Waals surface area contributed by atoms with Crippen molar-refractivity contribution in [2.24, 2.45) is 0 Å². The number of methoxy groups -OCH3 is 1. The highest BCUT2D eigenvalue weighted by Gasteiger charge is 2.17. The molecule has 6 heteroatoms. The van der Waals surface area contributed by atoms with Crippen molar-refractivity contribution in [3.63, 3.8) is 0 Å². The van der Waals surface area contributed by atoms with Crippen molar-refractivity contribution in [3.8, 4) is 5.75 Å². The zero-order chi connectivity index (χ0) is 21.7. The molecule has 0 aromatic heterocycles. The summed E-state index contributed by atoms with van der Waals surface area (Å²) >= 11 is 6.31. The van der Waals surface area contributed by atoms with E-state index in [-0.39, 0.29) is 18.1 Å². The molecule has 0 radical (unpaired) electrons. The first-order valence-electron chi connectivity index (χ1n) is 9.82. The summed E-state index contributed by atoms with van der Waals surface area (Å²) in [7, 11) is 1.31. The first-order chi connectivity index (χ1) is 14.5. The Kier molecular flexibility index (Phi) is 6.95. The lowest BCUT2D eigenvalue weighted by Gasteiger charge is -2.17. The van der Waals surface area contributed by atoms with E-state index in [0.29, 0.717) is 17.2 Å². The summed E-state index contributed by atoms with van der Waals surface area (Å²) in [5, 5.41) is 5.33. The number of aryl methyl sites for hydroxylation is 1. The van der Waals surface area contributed by atoms with E-state index in [1.54, 1.807) is 12.1 Å². The fraction of sp³-hybridized carbons (Fsp3) is 0.250. The van der Waals surface area contributed by atoms with Gasteiger partial charge in [0.25, 0.3) is 5.91 Å². The Morgan fingerprint density at radius 2 is 1.70 bits per heavy atom. The SMILES string of the molecule is CCc1ccc(Cl)c(CC)c1NC(=O)COc1cc2ccccc2cc1C(=O)OC. The maximum atomic E-state index is 12.7. The predicted molar refractivity (Wildman–Crippen MR) is 120 cm³/mol. The number of rotatable bonds is 7. The van der Waals surface area contributed by atoms with Gasteiger partial charge in [-0.2, -0.15) is 0 Å². The molecule has 0 heterocycles. The molecular formula is C24H24ClNO4. The average Bonchev–Trinajstić information content (AvgIpc) is 2.76. The molecule has 0 spiro atoms. The Balaban J connectivity index is 1.84. The summed E-state index contributed by atoms with van der Waals surface area (Å²) in [4.78, 5) is 24.9. The van der Waals surface area contributed by atoms with Crippen molar-refractivity contribution in [2.75, 3.05) is 19.0 Å². The van der Waals surface area contributed by atoms with Crippen LogP contribution in [0.3, 0.4) is 0 Å². The molecule has 0 fully saturated rings. The standard InChI is InChI=1S/C24H24ClNO4/c1-4-15-10-11-20(25)18(5-2)23(15)26-22(27)14-30-21-13-17-9-7-6-8-16(17)12-19(21)24(28)29-3/h6-13H,4-5,14H2,1-3H3,(H,26,27). The number of halogens is 1. The van der Waals surface area contributed by atoms with Gasteiger partial charge in [0.1, 0.15) is 11.3 Å². The molecule has 1 amide bonds. The number of carbonyl (C=O) groups is 2. The van der Waals surface area contributed by atoms with E-state index in [1.807, 2.05) is 50.2 Å². The molecular weight excluding hydrogens is 402 g/mol. The zero-order valence-electron chi connectivity index (χ0n) is 17.3. The van der Waals surface area contributed by atoms with Gasteiger partial charge in [-0.1, -0.05) is 55.8 Å². The summed E-state index contributed by atoms with van der Waals surface area (Å²) in [6, 6.07) is 14.8. The van der Waals surface area contributed by atoms with Gasteiger partial charge in [-0.15, -0.1) is 0 Å². The van der Waals surface area contributed by atoms with E-state index in [1.165, 1.54) is 7.11 Å². The molecule has 0 atom stereocenters. The average molecular weight is 426 g/mol. The van der Waals surface area contributed by atoms with Gasteiger partial charge in [0.05, 0.1) is 7.11 Å². The topological polar surface area (TPSA) is 64.6 Å². The minimum atomic E-state index is -0.521. The number of amides is 1. The fourth-order valence-corrected chi connectivity index (χ4v) is 3.69. The van der Waals surface area contributed by atoms with Crippen molar-refractivity contribution >= 4 is 39.9 Å². The van der Waals surface area contributed by atoms with E-state index in [0.717, 1.165) is 34.0 Å². The van der Waals surface area contributed by atoms with Gasteiger partial charge in [0, 0.05) is 10.7 Å². The number of nitrogens with one attached hydrogen (secondary N) is 1. The first kappa shape index (κ1) is 21.7. The predicted octanol–water partition coefficient (Wildman–Crippen LogP) is 5.42. The molecule has 0 aliphatic rings. The van der Waals surface area contributed by atoms with Gasteiger partial charge >= 0.3 is 5.97 Å². The summed E-state index contributed by atoms with van der Waals surface area (Å²) in [6.45, 7) is 3.76. The van der Waals surface area contributed by atoms with Gasteiger partial charge in [-0.05, 0) is 52.9 Å². The second kappa shape index (κ2) is 9.63. The van der Waals surface area contributed by atoms with Crippen LogP contribution in [0.5, 0.6) is 5.75 Å². The van der Waals surface area contributed by atoms with Crippen LogP contribution in [0.4, 0.5) is 5.69 Å². The molecule has 3 aromatic rings. The first-order valence-corrected chi connectivity index (χ1v) is 10.2. The number of carbonyl (C=O) groups excluding carboxylic acids is 2. The van der Waals surface area contributed by atoms with Crippen molar-refractivity contribution in [1.82, 2.24) is 0 Å². The van der Waals surface area contributed by atoms with Crippen LogP contribution in [0, 0.1) is 0 Å². The molecule has 156 valence electrons. The van der Waals surface area contributed by atoms with Crippen LogP contribution >= 0.6 is 11.6 Å². The van der Waals surface area contributed by atoms with Crippen LogP contribution in [-0.2, 0) is 22.4 Å².